The molecule has 7 heteroatoms. The lowest BCUT2D eigenvalue weighted by molar-refractivity contribution is -0.114. The van der Waals surface area contributed by atoms with Crippen LogP contribution < -0.4 is 20.7 Å². The summed E-state index contributed by atoms with van der Waals surface area (Å²) < 4.78 is 5.71. The van der Waals surface area contributed by atoms with Crippen molar-refractivity contribution in [2.75, 3.05) is 37.8 Å². The Morgan fingerprint density at radius 1 is 1.07 bits per heavy atom. The summed E-state index contributed by atoms with van der Waals surface area (Å²) in [7, 11) is 1.75. The number of thioether (sulfide) groups is 1. The van der Waals surface area contributed by atoms with Crippen molar-refractivity contribution in [2.45, 2.75) is 11.8 Å². The van der Waals surface area contributed by atoms with E-state index in [1.807, 2.05) is 36.4 Å². The van der Waals surface area contributed by atoms with E-state index in [9.17, 15) is 4.79 Å². The molecule has 0 aliphatic rings. The average Bonchev–Trinajstić information content (AvgIpc) is 2.67. The van der Waals surface area contributed by atoms with Gasteiger partial charge in [0.15, 0.2) is 5.96 Å². The Bertz CT molecular complexity index is 738. The first kappa shape index (κ1) is 20.6. The monoisotopic (exact) mass is 386 g/mol. The molecule has 0 atom stereocenters. The Labute approximate surface area is 164 Å². The van der Waals surface area contributed by atoms with Crippen molar-refractivity contribution in [3.8, 4) is 5.75 Å². The molecule has 0 fully saturated rings. The topological polar surface area (TPSA) is 74.8 Å². The van der Waals surface area contributed by atoms with Crippen molar-refractivity contribution in [1.82, 2.24) is 10.6 Å². The molecule has 27 heavy (non-hydrogen) atoms. The van der Waals surface area contributed by atoms with Crippen LogP contribution in [0.15, 0.2) is 64.5 Å². The van der Waals surface area contributed by atoms with Crippen LogP contribution in [-0.4, -0.2) is 44.4 Å². The summed E-state index contributed by atoms with van der Waals surface area (Å²) in [5.41, 5.74) is 0.723. The molecule has 0 bridgehead atoms. The number of anilines is 1. The molecule has 0 spiro atoms. The summed E-state index contributed by atoms with van der Waals surface area (Å²) in [6.45, 7) is 3.41. The molecule has 0 saturated heterocycles. The zero-order chi connectivity index (χ0) is 19.3. The van der Waals surface area contributed by atoms with Gasteiger partial charge < -0.3 is 20.7 Å². The van der Waals surface area contributed by atoms with Gasteiger partial charge in [0.2, 0.25) is 5.91 Å². The van der Waals surface area contributed by atoms with Gasteiger partial charge in [0.05, 0.1) is 6.54 Å². The Balaban J connectivity index is 1.62. The van der Waals surface area contributed by atoms with Crippen molar-refractivity contribution in [3.63, 3.8) is 0 Å². The highest BCUT2D eigenvalue weighted by Crippen LogP contribution is 2.17. The van der Waals surface area contributed by atoms with E-state index in [0.717, 1.165) is 23.9 Å². The van der Waals surface area contributed by atoms with Gasteiger partial charge in [-0.25, -0.2) is 0 Å². The molecule has 144 valence electrons. The van der Waals surface area contributed by atoms with E-state index in [1.54, 1.807) is 24.9 Å². The van der Waals surface area contributed by atoms with Gasteiger partial charge in [-0.05, 0) is 24.3 Å². The number of aliphatic imine (C=N–C) groups is 1. The van der Waals surface area contributed by atoms with Crippen LogP contribution in [0.4, 0.5) is 5.69 Å². The van der Waals surface area contributed by atoms with Crippen molar-refractivity contribution in [3.05, 3.63) is 54.6 Å². The number of amides is 1. The standard InChI is InChI=1S/C20H26N4O2S/c1-16(25)24-17-7-6-8-18(15-17)26-13-11-22-20(21-2)23-12-14-27-19-9-4-3-5-10-19/h3-10,15H,11-14H2,1-2H3,(H,24,25)(H2,21,22,23). The van der Waals surface area contributed by atoms with E-state index in [1.165, 1.54) is 11.8 Å². The third kappa shape index (κ3) is 8.50. The quantitative estimate of drug-likeness (QED) is 0.267. The van der Waals surface area contributed by atoms with Crippen LogP contribution in [0.5, 0.6) is 5.75 Å². The van der Waals surface area contributed by atoms with Crippen LogP contribution in [0.3, 0.4) is 0 Å². The van der Waals surface area contributed by atoms with Crippen LogP contribution in [0.25, 0.3) is 0 Å². The third-order valence-electron chi connectivity index (χ3n) is 3.45. The molecule has 0 unspecified atom stereocenters. The van der Waals surface area contributed by atoms with Gasteiger partial charge in [-0.1, -0.05) is 24.3 Å². The highest BCUT2D eigenvalue weighted by atomic mass is 32.2. The number of ether oxygens (including phenoxy) is 1. The highest BCUT2D eigenvalue weighted by molar-refractivity contribution is 7.99. The van der Waals surface area contributed by atoms with E-state index in [2.05, 4.69) is 33.1 Å². The van der Waals surface area contributed by atoms with Gasteiger partial charge in [0, 0.05) is 42.9 Å². The lowest BCUT2D eigenvalue weighted by atomic mass is 10.3. The van der Waals surface area contributed by atoms with Gasteiger partial charge in [-0.3, -0.25) is 9.79 Å². The third-order valence-corrected chi connectivity index (χ3v) is 4.46. The minimum atomic E-state index is -0.103. The average molecular weight is 387 g/mol. The number of benzene rings is 2. The van der Waals surface area contributed by atoms with Gasteiger partial charge in [-0.2, -0.15) is 0 Å². The summed E-state index contributed by atoms with van der Waals surface area (Å²) in [5.74, 6) is 2.32. The maximum atomic E-state index is 11.1. The van der Waals surface area contributed by atoms with Crippen molar-refractivity contribution >= 4 is 29.3 Å². The molecule has 0 aliphatic carbocycles. The molecule has 3 N–H and O–H groups in total. The molecular formula is C20H26N4O2S. The van der Waals surface area contributed by atoms with E-state index in [0.29, 0.717) is 18.9 Å². The minimum Gasteiger partial charge on any atom is -0.492 e. The second-order valence-electron chi connectivity index (χ2n) is 5.64. The normalized spacial score (nSPS) is 11.0. The van der Waals surface area contributed by atoms with Gasteiger partial charge in [0.25, 0.3) is 0 Å². The first-order chi connectivity index (χ1) is 13.2. The van der Waals surface area contributed by atoms with Crippen molar-refractivity contribution in [1.29, 1.82) is 0 Å². The number of carbonyl (C=O) groups excluding carboxylic acids is 1. The summed E-state index contributed by atoms with van der Waals surface area (Å²) in [4.78, 5) is 16.6. The molecule has 2 aromatic rings. The SMILES string of the molecule is CN=C(NCCOc1cccc(NC(C)=O)c1)NCCSc1ccccc1. The van der Waals surface area contributed by atoms with Gasteiger partial charge in [-0.15, -0.1) is 11.8 Å². The number of rotatable bonds is 9. The predicted molar refractivity (Wildman–Crippen MR) is 113 cm³/mol. The predicted octanol–water partition coefficient (Wildman–Crippen LogP) is 2.98. The van der Waals surface area contributed by atoms with Crippen LogP contribution in [0, 0.1) is 0 Å². The zero-order valence-electron chi connectivity index (χ0n) is 15.7. The second-order valence-corrected chi connectivity index (χ2v) is 6.81. The zero-order valence-corrected chi connectivity index (χ0v) is 16.5. The highest BCUT2D eigenvalue weighted by Gasteiger charge is 2.00. The molecular weight excluding hydrogens is 360 g/mol. The summed E-state index contributed by atoms with van der Waals surface area (Å²) >= 11 is 1.80. The molecule has 0 saturated carbocycles. The fraction of sp³-hybridized carbons (Fsp3) is 0.300. The first-order valence-corrected chi connectivity index (χ1v) is 9.79. The van der Waals surface area contributed by atoms with E-state index in [4.69, 9.17) is 4.74 Å². The Morgan fingerprint density at radius 3 is 2.59 bits per heavy atom. The molecule has 0 aromatic heterocycles. The molecule has 0 aliphatic heterocycles. The smallest absolute Gasteiger partial charge is 0.221 e. The maximum Gasteiger partial charge on any atom is 0.221 e. The Hall–Kier alpha value is -2.67. The number of nitrogens with zero attached hydrogens (tertiary/aromatic N) is 1. The second kappa shape index (κ2) is 11.9. The summed E-state index contributed by atoms with van der Waals surface area (Å²) in [6, 6.07) is 17.7. The molecule has 2 rings (SSSR count). The molecule has 2 aromatic carbocycles. The number of guanidine groups is 1. The minimum absolute atomic E-state index is 0.103. The summed E-state index contributed by atoms with van der Waals surface area (Å²) in [6.07, 6.45) is 0. The largest absolute Gasteiger partial charge is 0.492 e. The van der Waals surface area contributed by atoms with Crippen LogP contribution in [0.1, 0.15) is 6.92 Å². The molecule has 0 radical (unpaired) electrons. The molecule has 0 heterocycles. The number of hydrogen-bond donors (Lipinski definition) is 3. The maximum absolute atomic E-state index is 11.1. The van der Waals surface area contributed by atoms with Crippen LogP contribution >= 0.6 is 11.8 Å². The van der Waals surface area contributed by atoms with Gasteiger partial charge >= 0.3 is 0 Å². The first-order valence-electron chi connectivity index (χ1n) is 8.80. The number of carbonyl (C=O) groups is 1. The molecule has 1 amide bonds. The number of nitrogens with one attached hydrogen (secondary N) is 3. The van der Waals surface area contributed by atoms with Gasteiger partial charge in [0.1, 0.15) is 12.4 Å². The van der Waals surface area contributed by atoms with E-state index < -0.39 is 0 Å². The van der Waals surface area contributed by atoms with Crippen molar-refractivity contribution < 1.29 is 9.53 Å². The lowest BCUT2D eigenvalue weighted by Gasteiger charge is -2.13. The van der Waals surface area contributed by atoms with E-state index >= 15 is 0 Å². The summed E-state index contributed by atoms with van der Waals surface area (Å²) in [5, 5.41) is 9.24. The van der Waals surface area contributed by atoms with Crippen LogP contribution in [-0.2, 0) is 4.79 Å². The number of hydrogen-bond acceptors (Lipinski definition) is 4. The van der Waals surface area contributed by atoms with Crippen LogP contribution in [0.2, 0.25) is 0 Å². The van der Waals surface area contributed by atoms with Crippen molar-refractivity contribution in [2.24, 2.45) is 4.99 Å². The lowest BCUT2D eigenvalue weighted by Crippen LogP contribution is -2.40. The molecule has 6 nitrogen and oxygen atoms in total. The van der Waals surface area contributed by atoms with E-state index in [-0.39, 0.29) is 5.91 Å². The fourth-order valence-electron chi connectivity index (χ4n) is 2.28. The Morgan fingerprint density at radius 2 is 1.85 bits per heavy atom. The Kier molecular flexibility index (Phi) is 9.06. The fourth-order valence-corrected chi connectivity index (χ4v) is 3.07.